The molecule has 12 saturated carbocycles. The van der Waals surface area contributed by atoms with Crippen molar-refractivity contribution in [3.63, 3.8) is 0 Å². The van der Waals surface area contributed by atoms with Crippen LogP contribution in [-0.4, -0.2) is 33.7 Å². The molecule has 0 aliphatic heterocycles. The molecule has 608 valence electrons. The number of aryl methyl sites for hydroxylation is 2. The Hall–Kier alpha value is -4.84. The summed E-state index contributed by atoms with van der Waals surface area (Å²) in [5, 5.41) is 0. The minimum absolute atomic E-state index is 0.321. The lowest BCUT2D eigenvalue weighted by molar-refractivity contribution is -0.0809. The Labute approximate surface area is 681 Å². The topological polar surface area (TPSA) is 70.0 Å². The van der Waals surface area contributed by atoms with Crippen molar-refractivity contribution >= 4 is 22.3 Å². The first-order valence-corrected chi connectivity index (χ1v) is 48.0. The van der Waals surface area contributed by atoms with Gasteiger partial charge in [0.05, 0.1) is 26.1 Å². The van der Waals surface area contributed by atoms with Crippen molar-refractivity contribution in [3.8, 4) is 11.5 Å². The summed E-state index contributed by atoms with van der Waals surface area (Å²) in [5.41, 5.74) is 18.3. The van der Waals surface area contributed by atoms with Crippen LogP contribution in [-0.2, 0) is 6.42 Å². The van der Waals surface area contributed by atoms with Crippen LogP contribution in [0.4, 0.5) is 0 Å². The number of hydrogen-bond donors (Lipinski definition) is 0. The van der Waals surface area contributed by atoms with Gasteiger partial charge < -0.3 is 9.47 Å². The molecule has 24 atom stereocenters. The fourth-order valence-electron chi connectivity index (χ4n) is 33.0. The van der Waals surface area contributed by atoms with E-state index < -0.39 is 0 Å². The van der Waals surface area contributed by atoms with Crippen molar-refractivity contribution in [1.29, 1.82) is 0 Å². The maximum absolute atomic E-state index is 5.76. The van der Waals surface area contributed by atoms with Crippen molar-refractivity contribution in [2.75, 3.05) is 13.7 Å². The molecule has 4 aromatic heterocycles. The van der Waals surface area contributed by atoms with Gasteiger partial charge in [0.15, 0.2) is 0 Å². The highest BCUT2D eigenvalue weighted by Crippen LogP contribution is 2.73. The Balaban J connectivity index is 0.000000108. The third-order valence-corrected chi connectivity index (χ3v) is 39.0. The lowest BCUT2D eigenvalue weighted by Crippen LogP contribution is -2.51. The number of fused-ring (bicyclic) bond motifs is 20. The summed E-state index contributed by atoms with van der Waals surface area (Å²) in [6.45, 7) is 28.3. The van der Waals surface area contributed by atoms with Crippen molar-refractivity contribution in [3.05, 3.63) is 132 Å². The Morgan fingerprint density at radius 3 is 0.955 bits per heavy atom. The van der Waals surface area contributed by atoms with Crippen LogP contribution in [0.5, 0.6) is 11.5 Å². The summed E-state index contributed by atoms with van der Waals surface area (Å²) in [7, 11) is 1.74. The van der Waals surface area contributed by atoms with Crippen LogP contribution in [0.25, 0.3) is 22.3 Å². The molecular formula is C106H152N4O2. The van der Waals surface area contributed by atoms with Gasteiger partial charge in [-0.1, -0.05) is 164 Å². The van der Waals surface area contributed by atoms with Gasteiger partial charge in [0.25, 0.3) is 0 Å². The van der Waals surface area contributed by atoms with E-state index in [4.69, 9.17) is 9.47 Å². The quantitative estimate of drug-likeness (QED) is 0.175. The van der Waals surface area contributed by atoms with Crippen LogP contribution in [0.15, 0.2) is 98.1 Å². The molecule has 0 amide bonds. The minimum Gasteiger partial charge on any atom is -0.495 e. The molecule has 6 heteroatoms. The maximum Gasteiger partial charge on any atom is 0.138 e. The van der Waals surface area contributed by atoms with Gasteiger partial charge in [-0.3, -0.25) is 19.9 Å². The lowest BCUT2D eigenvalue weighted by Gasteiger charge is -2.59. The van der Waals surface area contributed by atoms with Gasteiger partial charge in [0.1, 0.15) is 11.5 Å². The monoisotopic (exact) mass is 1510 g/mol. The van der Waals surface area contributed by atoms with E-state index in [-0.39, 0.29) is 0 Å². The zero-order valence-electron chi connectivity index (χ0n) is 72.8. The molecule has 0 saturated heterocycles. The molecule has 20 rings (SSSR count). The summed E-state index contributed by atoms with van der Waals surface area (Å²) in [6, 6.07) is 9.21. The van der Waals surface area contributed by atoms with Gasteiger partial charge in [-0.2, -0.15) is 0 Å². The van der Waals surface area contributed by atoms with Gasteiger partial charge in [-0.15, -0.1) is 0 Å². The van der Waals surface area contributed by atoms with E-state index in [1.54, 1.807) is 29.4 Å². The zero-order valence-corrected chi connectivity index (χ0v) is 72.8. The number of methoxy groups -OCH3 is 1. The van der Waals surface area contributed by atoms with Crippen LogP contribution in [0.3, 0.4) is 0 Å². The van der Waals surface area contributed by atoms with Crippen LogP contribution in [0.2, 0.25) is 0 Å². The predicted molar refractivity (Wildman–Crippen MR) is 466 cm³/mol. The number of allylic oxidation sites excluding steroid dienone is 8. The van der Waals surface area contributed by atoms with E-state index in [0.717, 1.165) is 113 Å². The molecular weight excluding hydrogens is 1360 g/mol. The Bertz CT molecular complexity index is 3970. The van der Waals surface area contributed by atoms with Crippen LogP contribution >= 0.6 is 0 Å². The smallest absolute Gasteiger partial charge is 0.138 e. The Morgan fingerprint density at radius 2 is 0.625 bits per heavy atom. The largest absolute Gasteiger partial charge is 0.495 e. The first-order chi connectivity index (χ1) is 54.2. The Morgan fingerprint density at radius 1 is 0.312 bits per heavy atom. The highest BCUT2D eigenvalue weighted by Gasteiger charge is 2.63. The first-order valence-electron chi connectivity index (χ1n) is 48.0. The van der Waals surface area contributed by atoms with Gasteiger partial charge in [0, 0.05) is 37.2 Å². The lowest BCUT2D eigenvalue weighted by atomic mass is 9.46. The highest BCUT2D eigenvalue weighted by molar-refractivity contribution is 5.76. The molecule has 16 aliphatic rings. The molecule has 0 spiro atoms. The van der Waals surface area contributed by atoms with Gasteiger partial charge >= 0.3 is 0 Å². The summed E-state index contributed by atoms with van der Waals surface area (Å²) in [6.07, 6.45) is 85.6. The van der Waals surface area contributed by atoms with Crippen molar-refractivity contribution in [2.24, 2.45) is 138 Å². The molecule has 0 N–H and O–H groups in total. The number of aromatic nitrogens is 4. The summed E-state index contributed by atoms with van der Waals surface area (Å²) < 4.78 is 11.2. The number of ether oxygens (including phenoxy) is 2. The van der Waals surface area contributed by atoms with Crippen LogP contribution < -0.4 is 9.47 Å². The molecule has 0 radical (unpaired) electrons. The van der Waals surface area contributed by atoms with E-state index in [1.165, 1.54) is 290 Å². The molecule has 6 nitrogen and oxygen atoms in total. The van der Waals surface area contributed by atoms with Gasteiger partial charge in [0.2, 0.25) is 0 Å². The minimum atomic E-state index is 0.321. The van der Waals surface area contributed by atoms with E-state index >= 15 is 0 Å². The molecule has 4 heterocycles. The predicted octanol–water partition coefficient (Wildman–Crippen LogP) is 28.9. The van der Waals surface area contributed by atoms with E-state index in [1.807, 2.05) is 31.7 Å². The van der Waals surface area contributed by atoms with Crippen molar-refractivity contribution in [1.82, 2.24) is 19.9 Å². The second-order valence-electron chi connectivity index (χ2n) is 43.4. The number of hydrogen-bond acceptors (Lipinski definition) is 6. The maximum atomic E-state index is 5.76. The SMILES string of the molecule is CCOc1cncc(C2=CC[C@H]3[C@@H]4CC[C@H]5CCCCC[C@]5(C)[C@H]4CC[C@]23C)c1.CCc1cncc(C2=CC[C@H]3[C@@H]4CC[C@H]5CCCCC[C@]5(C)[C@H]4CC[C@]23C)c1.COc1cncc(C2=CC[C@H]3[C@@H]4CC[C@H]5CCCCC[C@]5(C)[C@H]4CC[C@]23C)c1.Cc1cncc(C2=CC[C@H]3[C@@H]4CC[C@H]5CCCCC[C@]5(C)[C@H]4CC[C@]23C)c1. The number of rotatable bonds is 8. The molecule has 4 aromatic rings. The standard InChI is InChI=1S/C27H39NO.C27H39N.C26H37NO.C26H37N/c1-4-29-21-16-19(17-28-18-21)23-11-12-24-22-10-9-20-8-6-5-7-14-26(20,2)25(22)13-15-27(23,24)3;1-4-19-16-20(18-28-17-19)23-11-12-24-22-10-9-21-8-6-5-7-14-26(21,2)25(22)13-15-27(23,24)3;1-25-13-6-4-5-7-19(25)8-9-21-23-11-10-22(26(23,2)14-12-24(21)25)18-15-20(28-3)17-27-16-18;1-18-15-19(17-27-16-18)22-10-11-23-21-9-8-20-7-5-4-6-13-25(20,2)24(21)12-14-26(22,23)3/h11,16-18,20,22,24-25H,4-10,12-15H2,1-3H3;11,16-18,21-22,24-25H,4-10,12-15H2,1-3H3;10,15-17,19,21,23-24H,4-9,11-14H2,1-3H3;10,15-17,20-21,23-24H,4-9,11-14H2,1-3H3/t20-,22+,24+,25+,26+,27-;21-,22+,24+,25+,26+,27-;19-,21+,23+,24+,25+,26-;20-,21+,23+,24+,25+,26-/m1111/s1. The second-order valence-corrected chi connectivity index (χ2v) is 43.4. The Kier molecular flexibility index (Phi) is 22.8. The third-order valence-electron chi connectivity index (χ3n) is 39.0. The number of nitrogens with zero attached hydrogens (tertiary/aromatic N) is 4. The summed E-state index contributed by atoms with van der Waals surface area (Å²) in [5.74, 6) is 16.8. The first kappa shape index (κ1) is 79.6. The molecule has 0 bridgehead atoms. The molecule has 12 fully saturated rings. The summed E-state index contributed by atoms with van der Waals surface area (Å²) >= 11 is 0. The normalized spacial score (nSPS) is 42.7. The number of pyridine rings is 4. The fraction of sp³-hybridized carbons (Fsp3) is 0.736. The third kappa shape index (κ3) is 13.9. The summed E-state index contributed by atoms with van der Waals surface area (Å²) in [4.78, 5) is 18.1. The average Bonchev–Trinajstić information content (AvgIpc) is 1.54. The van der Waals surface area contributed by atoms with E-state index in [2.05, 4.69) is 163 Å². The fourth-order valence-corrected chi connectivity index (χ4v) is 33.0. The van der Waals surface area contributed by atoms with Gasteiger partial charge in [-0.25, -0.2) is 0 Å². The molecule has 16 aliphatic carbocycles. The molecule has 112 heavy (non-hydrogen) atoms. The van der Waals surface area contributed by atoms with Crippen molar-refractivity contribution in [2.45, 2.75) is 339 Å². The highest BCUT2D eigenvalue weighted by atomic mass is 16.5. The van der Waals surface area contributed by atoms with Gasteiger partial charge in [-0.05, 0) is 418 Å². The molecule has 0 unspecified atom stereocenters. The van der Waals surface area contributed by atoms with Crippen molar-refractivity contribution < 1.29 is 9.47 Å². The zero-order chi connectivity index (χ0) is 77.4. The van der Waals surface area contributed by atoms with Crippen LogP contribution in [0, 0.1) is 145 Å². The molecule has 0 aromatic carbocycles. The average molecular weight is 1510 g/mol. The van der Waals surface area contributed by atoms with E-state index in [0.29, 0.717) is 49.9 Å². The van der Waals surface area contributed by atoms with E-state index in [9.17, 15) is 0 Å². The van der Waals surface area contributed by atoms with Crippen LogP contribution in [0.1, 0.15) is 359 Å². The second kappa shape index (κ2) is 32.1.